The quantitative estimate of drug-likeness (QED) is 0.751. The van der Waals surface area contributed by atoms with E-state index in [2.05, 4.69) is 12.6 Å². The van der Waals surface area contributed by atoms with Gasteiger partial charge < -0.3 is 5.11 Å². The first kappa shape index (κ1) is 15.6. The Kier molecular flexibility index (Phi) is 5.88. The van der Waals surface area contributed by atoms with E-state index in [0.29, 0.717) is 12.2 Å². The van der Waals surface area contributed by atoms with Gasteiger partial charge in [-0.3, -0.25) is 4.79 Å². The molecule has 2 rings (SSSR count). The third kappa shape index (κ3) is 4.11. The lowest BCUT2D eigenvalue weighted by molar-refractivity contribution is -0.142. The summed E-state index contributed by atoms with van der Waals surface area (Å²) in [5.41, 5.74) is 2.10. The van der Waals surface area contributed by atoms with E-state index < -0.39 is 11.9 Å². The highest BCUT2D eigenvalue weighted by molar-refractivity contribution is 7.80. The normalized spacial score (nSPS) is 12.3. The van der Waals surface area contributed by atoms with Gasteiger partial charge in [0.25, 0.3) is 0 Å². The van der Waals surface area contributed by atoms with Gasteiger partial charge >= 0.3 is 5.97 Å². The van der Waals surface area contributed by atoms with Gasteiger partial charge in [-0.05, 0) is 29.7 Å². The van der Waals surface area contributed by atoms with Gasteiger partial charge in [0, 0.05) is 5.92 Å². The topological polar surface area (TPSA) is 37.3 Å². The molecule has 2 aromatic carbocycles. The van der Waals surface area contributed by atoms with Crippen LogP contribution in [0.4, 0.5) is 0 Å². The zero-order valence-corrected chi connectivity index (χ0v) is 12.7. The molecule has 0 saturated carbocycles. The van der Waals surface area contributed by atoms with E-state index in [9.17, 15) is 9.90 Å². The molecule has 1 atom stereocenters. The number of benzene rings is 2. The van der Waals surface area contributed by atoms with E-state index in [-0.39, 0.29) is 5.92 Å². The van der Waals surface area contributed by atoms with Crippen LogP contribution in [0.5, 0.6) is 0 Å². The summed E-state index contributed by atoms with van der Waals surface area (Å²) < 4.78 is 0. The maximum absolute atomic E-state index is 11.8. The molecule has 0 aliphatic heterocycles. The van der Waals surface area contributed by atoms with Crippen LogP contribution >= 0.6 is 12.6 Å². The lowest BCUT2D eigenvalue weighted by Crippen LogP contribution is -2.23. The summed E-state index contributed by atoms with van der Waals surface area (Å²) >= 11 is 4.21. The molecule has 3 heteroatoms. The Hall–Kier alpha value is -1.74. The molecular formula is C18H20O2S. The highest BCUT2D eigenvalue weighted by atomic mass is 32.1. The fourth-order valence-corrected chi connectivity index (χ4v) is 2.90. The average molecular weight is 300 g/mol. The Morgan fingerprint density at radius 3 is 1.81 bits per heavy atom. The lowest BCUT2D eigenvalue weighted by Gasteiger charge is -2.25. The van der Waals surface area contributed by atoms with Gasteiger partial charge in [0.05, 0.1) is 5.92 Å². The molecule has 2 aromatic rings. The van der Waals surface area contributed by atoms with E-state index in [4.69, 9.17) is 0 Å². The molecule has 0 aliphatic rings. The van der Waals surface area contributed by atoms with Crippen molar-refractivity contribution < 1.29 is 9.90 Å². The molecule has 0 heterocycles. The first-order valence-corrected chi connectivity index (χ1v) is 7.81. The molecule has 0 amide bonds. The highest BCUT2D eigenvalue weighted by Gasteiger charge is 2.30. The Labute approximate surface area is 131 Å². The summed E-state index contributed by atoms with van der Waals surface area (Å²) in [6.07, 6.45) is 1.43. The molecule has 1 unspecified atom stereocenters. The van der Waals surface area contributed by atoms with Crippen molar-refractivity contribution in [3.05, 3.63) is 71.8 Å². The molecule has 0 saturated heterocycles. The standard InChI is InChI=1S/C18H20O2S/c19-18(20)16(12-7-13-21)17(14-8-3-1-4-9-14)15-10-5-2-6-11-15/h1-6,8-11,16-17,21H,7,12-13H2,(H,19,20). The predicted octanol–water partition coefficient (Wildman–Crippen LogP) is 4.23. The number of rotatable bonds is 7. The summed E-state index contributed by atoms with van der Waals surface area (Å²) in [5, 5.41) is 9.67. The molecule has 0 aliphatic carbocycles. The van der Waals surface area contributed by atoms with Crippen molar-refractivity contribution in [1.82, 2.24) is 0 Å². The van der Waals surface area contributed by atoms with Crippen LogP contribution in [0.2, 0.25) is 0 Å². The van der Waals surface area contributed by atoms with Gasteiger partial charge in [0.15, 0.2) is 0 Å². The first-order chi connectivity index (χ1) is 10.2. The number of aliphatic carboxylic acids is 1. The minimum absolute atomic E-state index is 0.121. The minimum atomic E-state index is -0.741. The number of hydrogen-bond acceptors (Lipinski definition) is 2. The largest absolute Gasteiger partial charge is 0.481 e. The zero-order chi connectivity index (χ0) is 15.1. The van der Waals surface area contributed by atoms with Gasteiger partial charge in [-0.1, -0.05) is 60.7 Å². The Morgan fingerprint density at radius 1 is 0.952 bits per heavy atom. The number of carboxylic acid groups (broad SMARTS) is 1. The van der Waals surface area contributed by atoms with Crippen molar-refractivity contribution in [2.45, 2.75) is 18.8 Å². The number of thiol groups is 1. The van der Waals surface area contributed by atoms with E-state index >= 15 is 0 Å². The zero-order valence-electron chi connectivity index (χ0n) is 11.9. The van der Waals surface area contributed by atoms with Crippen LogP contribution in [-0.2, 0) is 4.79 Å². The Morgan fingerprint density at radius 2 is 1.43 bits per heavy atom. The van der Waals surface area contributed by atoms with Gasteiger partial charge in [-0.2, -0.15) is 12.6 Å². The van der Waals surface area contributed by atoms with Gasteiger partial charge in [-0.25, -0.2) is 0 Å². The third-order valence-corrected chi connectivity index (χ3v) is 4.03. The van der Waals surface area contributed by atoms with Crippen molar-refractivity contribution in [1.29, 1.82) is 0 Å². The van der Waals surface area contributed by atoms with Crippen LogP contribution in [0.15, 0.2) is 60.7 Å². The third-order valence-electron chi connectivity index (χ3n) is 3.71. The summed E-state index contributed by atoms with van der Waals surface area (Å²) in [6.45, 7) is 0. The molecule has 2 nitrogen and oxygen atoms in total. The van der Waals surface area contributed by atoms with Crippen molar-refractivity contribution >= 4 is 18.6 Å². The maximum atomic E-state index is 11.8. The molecule has 0 aromatic heterocycles. The Bertz CT molecular complexity index is 514. The van der Waals surface area contributed by atoms with Gasteiger partial charge in [0.2, 0.25) is 0 Å². The highest BCUT2D eigenvalue weighted by Crippen LogP contribution is 2.34. The fourth-order valence-electron chi connectivity index (χ4n) is 2.72. The van der Waals surface area contributed by atoms with Crippen molar-refractivity contribution in [3.8, 4) is 0 Å². The van der Waals surface area contributed by atoms with Crippen LogP contribution in [-0.4, -0.2) is 16.8 Å². The predicted molar refractivity (Wildman–Crippen MR) is 88.9 cm³/mol. The summed E-state index contributed by atoms with van der Waals surface area (Å²) in [4.78, 5) is 11.8. The average Bonchev–Trinajstić information content (AvgIpc) is 2.53. The molecule has 0 bridgehead atoms. The lowest BCUT2D eigenvalue weighted by atomic mass is 9.78. The smallest absolute Gasteiger partial charge is 0.307 e. The summed E-state index contributed by atoms with van der Waals surface area (Å²) in [7, 11) is 0. The summed E-state index contributed by atoms with van der Waals surface area (Å²) in [6, 6.07) is 19.8. The summed E-state index contributed by atoms with van der Waals surface area (Å²) in [5.74, 6) is -0.582. The Balaban J connectivity index is 2.42. The molecule has 0 radical (unpaired) electrons. The maximum Gasteiger partial charge on any atom is 0.307 e. The minimum Gasteiger partial charge on any atom is -0.481 e. The molecule has 0 fully saturated rings. The molecule has 0 spiro atoms. The van der Waals surface area contributed by atoms with E-state index in [1.54, 1.807) is 0 Å². The second kappa shape index (κ2) is 7.89. The number of hydrogen-bond donors (Lipinski definition) is 2. The molecular weight excluding hydrogens is 280 g/mol. The van der Waals surface area contributed by atoms with E-state index in [0.717, 1.165) is 17.5 Å². The van der Waals surface area contributed by atoms with Gasteiger partial charge in [-0.15, -0.1) is 0 Å². The van der Waals surface area contributed by atoms with Crippen molar-refractivity contribution in [2.75, 3.05) is 5.75 Å². The monoisotopic (exact) mass is 300 g/mol. The molecule has 110 valence electrons. The van der Waals surface area contributed by atoms with Crippen LogP contribution in [0.25, 0.3) is 0 Å². The van der Waals surface area contributed by atoms with E-state index in [1.807, 2.05) is 60.7 Å². The van der Waals surface area contributed by atoms with Crippen molar-refractivity contribution in [3.63, 3.8) is 0 Å². The van der Waals surface area contributed by atoms with Crippen molar-refractivity contribution in [2.24, 2.45) is 5.92 Å². The number of carbonyl (C=O) groups is 1. The van der Waals surface area contributed by atoms with Gasteiger partial charge in [0.1, 0.15) is 0 Å². The fraction of sp³-hybridized carbons (Fsp3) is 0.278. The van der Waals surface area contributed by atoms with Crippen LogP contribution in [0.3, 0.4) is 0 Å². The molecule has 1 N–H and O–H groups in total. The van der Waals surface area contributed by atoms with Crippen LogP contribution in [0.1, 0.15) is 29.9 Å². The molecule has 21 heavy (non-hydrogen) atoms. The first-order valence-electron chi connectivity index (χ1n) is 7.17. The van der Waals surface area contributed by atoms with Crippen LogP contribution in [0, 0.1) is 5.92 Å². The second-order valence-corrected chi connectivity index (χ2v) is 5.56. The number of carboxylic acids is 1. The second-order valence-electron chi connectivity index (χ2n) is 5.11. The SMILES string of the molecule is O=C(O)C(CCCS)C(c1ccccc1)c1ccccc1. The van der Waals surface area contributed by atoms with E-state index in [1.165, 1.54) is 0 Å². The van der Waals surface area contributed by atoms with Crippen LogP contribution < -0.4 is 0 Å².